The lowest BCUT2D eigenvalue weighted by Crippen LogP contribution is -1.90. The summed E-state index contributed by atoms with van der Waals surface area (Å²) in [7, 11) is 0. The minimum Gasteiger partial charge on any atom is -0.0616 e. The minimum atomic E-state index is 1.13. The molecule has 30 heavy (non-hydrogen) atoms. The van der Waals surface area contributed by atoms with Crippen LogP contribution >= 0.6 is 0 Å². The Morgan fingerprint density at radius 2 is 1.03 bits per heavy atom. The molecule has 0 unspecified atom stereocenters. The Kier molecular flexibility index (Phi) is 3.89. The molecular formula is C30H19. The van der Waals surface area contributed by atoms with Crippen molar-refractivity contribution in [2.45, 2.75) is 0 Å². The molecular weight excluding hydrogens is 360 g/mol. The van der Waals surface area contributed by atoms with Crippen molar-refractivity contribution in [3.8, 4) is 22.3 Å². The molecule has 6 aromatic carbocycles. The van der Waals surface area contributed by atoms with Crippen LogP contribution in [0.5, 0.6) is 0 Å². The molecule has 0 bridgehead atoms. The fourth-order valence-corrected chi connectivity index (χ4v) is 4.51. The molecule has 0 heteroatoms. The van der Waals surface area contributed by atoms with Gasteiger partial charge < -0.3 is 0 Å². The molecule has 0 spiro atoms. The number of fused-ring (bicyclic) bond motifs is 3. The van der Waals surface area contributed by atoms with Crippen molar-refractivity contribution in [3.63, 3.8) is 0 Å². The molecule has 0 aliphatic rings. The van der Waals surface area contributed by atoms with E-state index < -0.39 is 0 Å². The molecule has 0 aromatic heterocycles. The predicted molar refractivity (Wildman–Crippen MR) is 129 cm³/mol. The molecule has 0 saturated heterocycles. The molecule has 139 valence electrons. The van der Waals surface area contributed by atoms with Gasteiger partial charge in [0.15, 0.2) is 0 Å². The van der Waals surface area contributed by atoms with Crippen LogP contribution in [0.4, 0.5) is 0 Å². The van der Waals surface area contributed by atoms with Crippen molar-refractivity contribution in [3.05, 3.63) is 121 Å². The largest absolute Gasteiger partial charge is 0.0616 e. The van der Waals surface area contributed by atoms with E-state index in [0.29, 0.717) is 0 Å². The van der Waals surface area contributed by atoms with Gasteiger partial charge in [-0.3, -0.25) is 0 Å². The van der Waals surface area contributed by atoms with Gasteiger partial charge in [0, 0.05) is 0 Å². The van der Waals surface area contributed by atoms with E-state index >= 15 is 0 Å². The Hall–Kier alpha value is -3.90. The normalized spacial score (nSPS) is 11.3. The molecule has 0 N–H and O–H groups in total. The van der Waals surface area contributed by atoms with E-state index in [4.69, 9.17) is 0 Å². The second kappa shape index (κ2) is 6.86. The van der Waals surface area contributed by atoms with Crippen LogP contribution in [0.2, 0.25) is 0 Å². The van der Waals surface area contributed by atoms with Gasteiger partial charge in [-0.15, -0.1) is 0 Å². The van der Waals surface area contributed by atoms with Crippen LogP contribution in [0.3, 0.4) is 0 Å². The third-order valence-electron chi connectivity index (χ3n) is 5.94. The highest BCUT2D eigenvalue weighted by atomic mass is 14.2. The summed E-state index contributed by atoms with van der Waals surface area (Å²) >= 11 is 0. The van der Waals surface area contributed by atoms with Crippen LogP contribution in [0.15, 0.2) is 115 Å². The molecule has 1 radical (unpaired) electrons. The lowest BCUT2D eigenvalue weighted by atomic mass is 9.87. The van der Waals surface area contributed by atoms with Crippen molar-refractivity contribution >= 4 is 32.3 Å². The van der Waals surface area contributed by atoms with E-state index in [0.717, 1.165) is 10.9 Å². The molecule has 0 fully saturated rings. The molecule has 0 amide bonds. The van der Waals surface area contributed by atoms with Gasteiger partial charge in [-0.2, -0.15) is 0 Å². The fraction of sp³-hybridized carbons (Fsp3) is 0. The molecule has 0 aliphatic carbocycles. The van der Waals surface area contributed by atoms with Crippen LogP contribution in [0, 0.1) is 6.07 Å². The lowest BCUT2D eigenvalue weighted by molar-refractivity contribution is 1.64. The van der Waals surface area contributed by atoms with E-state index in [1.807, 2.05) is 0 Å². The topological polar surface area (TPSA) is 0 Å². The zero-order valence-electron chi connectivity index (χ0n) is 16.5. The Bertz CT molecular complexity index is 1530. The van der Waals surface area contributed by atoms with Gasteiger partial charge in [0.25, 0.3) is 0 Å². The van der Waals surface area contributed by atoms with Crippen LogP contribution in [0.1, 0.15) is 0 Å². The van der Waals surface area contributed by atoms with Crippen molar-refractivity contribution in [1.29, 1.82) is 0 Å². The van der Waals surface area contributed by atoms with E-state index in [-0.39, 0.29) is 0 Å². The first-order chi connectivity index (χ1) is 14.9. The molecule has 0 heterocycles. The maximum atomic E-state index is 3.69. The summed E-state index contributed by atoms with van der Waals surface area (Å²) in [6.45, 7) is 0. The monoisotopic (exact) mass is 379 g/mol. The summed E-state index contributed by atoms with van der Waals surface area (Å²) < 4.78 is 0. The third kappa shape index (κ3) is 2.69. The highest BCUT2D eigenvalue weighted by molar-refractivity contribution is 6.09. The molecule has 6 rings (SSSR count). The second-order valence-electron chi connectivity index (χ2n) is 7.70. The van der Waals surface area contributed by atoms with Gasteiger partial charge in [-0.25, -0.2) is 0 Å². The number of hydrogen-bond acceptors (Lipinski definition) is 0. The number of benzene rings is 6. The maximum absolute atomic E-state index is 3.69. The lowest BCUT2D eigenvalue weighted by Gasteiger charge is -2.16. The Morgan fingerprint density at radius 3 is 1.90 bits per heavy atom. The summed E-state index contributed by atoms with van der Waals surface area (Å²) in [4.78, 5) is 0. The van der Waals surface area contributed by atoms with Gasteiger partial charge in [-0.1, -0.05) is 115 Å². The predicted octanol–water partition coefficient (Wildman–Crippen LogP) is 8.28. The number of hydrogen-bond donors (Lipinski definition) is 0. The van der Waals surface area contributed by atoms with Crippen molar-refractivity contribution in [2.24, 2.45) is 0 Å². The summed E-state index contributed by atoms with van der Waals surface area (Å²) in [6.07, 6.45) is 0. The van der Waals surface area contributed by atoms with Crippen molar-refractivity contribution in [2.75, 3.05) is 0 Å². The first kappa shape index (κ1) is 17.0. The zero-order valence-corrected chi connectivity index (χ0v) is 16.5. The minimum absolute atomic E-state index is 1.13. The SMILES string of the molecule is [c]1c(-c2c(-c3cccc4ccccc34)ccc3ccccc23)ccc2ccccc12. The average molecular weight is 379 g/mol. The van der Waals surface area contributed by atoms with Crippen molar-refractivity contribution in [1.82, 2.24) is 0 Å². The first-order valence-electron chi connectivity index (χ1n) is 10.3. The number of rotatable bonds is 2. The van der Waals surface area contributed by atoms with Crippen LogP contribution < -0.4 is 0 Å². The van der Waals surface area contributed by atoms with E-state index in [1.165, 1.54) is 43.6 Å². The van der Waals surface area contributed by atoms with E-state index in [1.54, 1.807) is 0 Å². The zero-order chi connectivity index (χ0) is 19.9. The van der Waals surface area contributed by atoms with E-state index in [9.17, 15) is 0 Å². The van der Waals surface area contributed by atoms with Gasteiger partial charge >= 0.3 is 0 Å². The summed E-state index contributed by atoms with van der Waals surface area (Å²) in [5.41, 5.74) is 4.89. The summed E-state index contributed by atoms with van der Waals surface area (Å²) in [5, 5.41) is 7.40. The van der Waals surface area contributed by atoms with Crippen LogP contribution in [0.25, 0.3) is 54.6 Å². The first-order valence-corrected chi connectivity index (χ1v) is 10.3. The Balaban J connectivity index is 1.73. The second-order valence-corrected chi connectivity index (χ2v) is 7.70. The van der Waals surface area contributed by atoms with E-state index in [2.05, 4.69) is 121 Å². The highest BCUT2D eigenvalue weighted by Gasteiger charge is 2.14. The van der Waals surface area contributed by atoms with Gasteiger partial charge in [0.1, 0.15) is 0 Å². The third-order valence-corrected chi connectivity index (χ3v) is 5.94. The van der Waals surface area contributed by atoms with Gasteiger partial charge in [0.2, 0.25) is 0 Å². The standard InChI is InChI=1S/C30H19/c1-2-11-24-20-25(17-16-21(24)8-1)30-27-14-6-4-10-23(27)18-19-29(30)28-15-7-12-22-9-3-5-13-26(22)28/h1-19H. The maximum Gasteiger partial charge on any atom is -0.00139 e. The van der Waals surface area contributed by atoms with Crippen LogP contribution in [-0.4, -0.2) is 0 Å². The average Bonchev–Trinajstić information content (AvgIpc) is 2.82. The van der Waals surface area contributed by atoms with Crippen LogP contribution in [-0.2, 0) is 0 Å². The smallest absolute Gasteiger partial charge is 0.00139 e. The highest BCUT2D eigenvalue weighted by Crippen LogP contribution is 2.41. The van der Waals surface area contributed by atoms with Crippen molar-refractivity contribution < 1.29 is 0 Å². The summed E-state index contributed by atoms with van der Waals surface area (Å²) in [5.74, 6) is 0. The summed E-state index contributed by atoms with van der Waals surface area (Å²) in [6, 6.07) is 44.9. The Morgan fingerprint density at radius 1 is 0.400 bits per heavy atom. The molecule has 0 saturated carbocycles. The molecule has 0 atom stereocenters. The Labute approximate surface area is 176 Å². The van der Waals surface area contributed by atoms with Gasteiger partial charge in [0.05, 0.1) is 0 Å². The molecule has 0 aliphatic heterocycles. The molecule has 6 aromatic rings. The fourth-order valence-electron chi connectivity index (χ4n) is 4.51. The molecule has 0 nitrogen and oxygen atoms in total. The van der Waals surface area contributed by atoms with Gasteiger partial charge in [-0.05, 0) is 60.6 Å². The quantitative estimate of drug-likeness (QED) is 0.284.